The van der Waals surface area contributed by atoms with Crippen molar-refractivity contribution in [1.29, 1.82) is 0 Å². The maximum atomic E-state index is 13.6. The average molecular weight is 806 g/mol. The van der Waals surface area contributed by atoms with Crippen LogP contribution in [0.3, 0.4) is 0 Å². The number of aromatic amines is 2. The summed E-state index contributed by atoms with van der Waals surface area (Å²) in [6.45, 7) is -0.773. The van der Waals surface area contributed by atoms with E-state index in [9.17, 15) is 48.2 Å². The number of aliphatic hydroxyl groups is 2. The normalized spacial score (nSPS) is 30.6. The smallest absolute Gasteiger partial charge is 0.394 e. The second-order valence-corrected chi connectivity index (χ2v) is 16.0. The molecule has 2 unspecified atom stereocenters. The van der Waals surface area contributed by atoms with Crippen molar-refractivity contribution in [3.63, 3.8) is 0 Å². The van der Waals surface area contributed by atoms with E-state index in [-0.39, 0.29) is 25.1 Å². The highest BCUT2D eigenvalue weighted by atomic mass is 31.2. The summed E-state index contributed by atoms with van der Waals surface area (Å²) >= 11 is 0. The number of nitrogens with zero attached hydrogens (tertiary/aromatic N) is 4. The van der Waals surface area contributed by atoms with Gasteiger partial charge in [0.05, 0.1) is 32.0 Å². The lowest BCUT2D eigenvalue weighted by molar-refractivity contribution is -0.0586. The molecule has 0 amide bonds. The standard InChI is InChI=1S/C28H37N7O17P2/c1-53(43,46-12-18-14(37)8-23(49-18)33-5-2-20(29)30-26(33)40)51-16-10-25(35-7-4-22(39)32-28(35)42)50-19(16)13-47-54(44,45)52-15-9-24(48-17(15)11-36)34-6-3-21(38)31-27(34)41/h2-7,14-19,23-25,36-37H,8-13H2,1H3,(H,44,45)(H2,29,30,40)(H,31,38,41)(H,32,39,42)/t14-,15-,16-,17+,18+,19+,23+,24+,25+,53?/m0/s1. The van der Waals surface area contributed by atoms with Crippen molar-refractivity contribution in [1.82, 2.24) is 28.7 Å². The summed E-state index contributed by atoms with van der Waals surface area (Å²) in [5.41, 5.74) is 1.79. The van der Waals surface area contributed by atoms with Crippen molar-refractivity contribution in [2.24, 2.45) is 0 Å². The number of nitrogens with two attached hydrogens (primary N) is 1. The third-order valence-electron chi connectivity index (χ3n) is 8.70. The number of phosphoric ester groups is 1. The Morgan fingerprint density at radius 2 is 1.31 bits per heavy atom. The van der Waals surface area contributed by atoms with Crippen LogP contribution in [-0.2, 0) is 41.4 Å². The van der Waals surface area contributed by atoms with Gasteiger partial charge in [0.15, 0.2) is 0 Å². The molecule has 3 aliphatic heterocycles. The van der Waals surface area contributed by atoms with E-state index in [2.05, 4.69) is 15.0 Å². The van der Waals surface area contributed by atoms with Crippen LogP contribution in [0, 0.1) is 0 Å². The first-order valence-corrected chi connectivity index (χ1v) is 19.8. The molecule has 6 rings (SSSR count). The van der Waals surface area contributed by atoms with Crippen molar-refractivity contribution in [3.05, 3.63) is 89.0 Å². The molecule has 0 aliphatic carbocycles. The lowest BCUT2D eigenvalue weighted by Gasteiger charge is -2.25. The van der Waals surface area contributed by atoms with Gasteiger partial charge in [-0.2, -0.15) is 4.98 Å². The van der Waals surface area contributed by atoms with Crippen molar-refractivity contribution in [3.8, 4) is 0 Å². The Morgan fingerprint density at radius 1 is 0.796 bits per heavy atom. The largest absolute Gasteiger partial charge is 0.472 e. The molecule has 3 fully saturated rings. The van der Waals surface area contributed by atoms with Gasteiger partial charge in [0.25, 0.3) is 11.1 Å². The summed E-state index contributed by atoms with van der Waals surface area (Å²) in [6, 6.07) is 3.49. The van der Waals surface area contributed by atoms with Gasteiger partial charge in [-0.1, -0.05) is 0 Å². The molecule has 24 nitrogen and oxygen atoms in total. The van der Waals surface area contributed by atoms with Gasteiger partial charge in [0.2, 0.25) is 0 Å². The Labute approximate surface area is 302 Å². The van der Waals surface area contributed by atoms with Crippen LogP contribution in [-0.4, -0.2) is 107 Å². The number of anilines is 1. The number of hydrogen-bond donors (Lipinski definition) is 6. The zero-order valence-electron chi connectivity index (χ0n) is 28.2. The molecule has 0 bridgehead atoms. The molecule has 0 aromatic carbocycles. The SMILES string of the molecule is CP(=O)(OC[C@H]1O[C@@H](n2ccc(N)nc2=O)C[C@@H]1O)O[C@H]1C[C@H](n2ccc(=O)[nH]c2=O)O[C@@H]1COP(=O)(O)O[C@H]1C[C@H](n2ccc(=O)[nH]c2=O)O[C@@H]1CO. The van der Waals surface area contributed by atoms with E-state index in [4.69, 9.17) is 38.0 Å². The van der Waals surface area contributed by atoms with Crippen molar-refractivity contribution >= 4 is 21.2 Å². The molecule has 3 aromatic rings. The van der Waals surface area contributed by atoms with E-state index >= 15 is 0 Å². The first-order chi connectivity index (χ1) is 25.5. The Balaban J connectivity index is 1.11. The quantitative estimate of drug-likeness (QED) is 0.0948. The summed E-state index contributed by atoms with van der Waals surface area (Å²) in [5.74, 6) is -0.00417. The molecule has 54 heavy (non-hydrogen) atoms. The van der Waals surface area contributed by atoms with E-state index in [0.717, 1.165) is 44.9 Å². The van der Waals surface area contributed by atoms with Crippen LogP contribution in [0.2, 0.25) is 0 Å². The third-order valence-corrected chi connectivity index (χ3v) is 11.0. The van der Waals surface area contributed by atoms with Crippen LogP contribution >= 0.6 is 15.4 Å². The number of rotatable bonds is 14. The van der Waals surface area contributed by atoms with Gasteiger partial charge in [-0.05, 0) is 6.07 Å². The predicted molar refractivity (Wildman–Crippen MR) is 179 cm³/mol. The zero-order valence-corrected chi connectivity index (χ0v) is 30.0. The third kappa shape index (κ3) is 9.30. The monoisotopic (exact) mass is 805 g/mol. The molecule has 11 atom stereocenters. The number of phosphoric acid groups is 1. The summed E-state index contributed by atoms with van der Waals surface area (Å²) < 4.78 is 68.9. The van der Waals surface area contributed by atoms with Gasteiger partial charge in [-0.15, -0.1) is 0 Å². The fourth-order valence-electron chi connectivity index (χ4n) is 6.12. The maximum absolute atomic E-state index is 13.6. The number of ether oxygens (including phenoxy) is 3. The van der Waals surface area contributed by atoms with Gasteiger partial charge in [-0.25, -0.2) is 18.9 Å². The van der Waals surface area contributed by atoms with Crippen LogP contribution in [0.25, 0.3) is 0 Å². The minimum Gasteiger partial charge on any atom is -0.394 e. The topological polar surface area (TPSA) is 330 Å². The fourth-order valence-corrected chi connectivity index (χ4v) is 8.27. The predicted octanol–water partition coefficient (Wildman–Crippen LogP) is -2.13. The van der Waals surface area contributed by atoms with Gasteiger partial charge in [-0.3, -0.25) is 46.9 Å². The second kappa shape index (κ2) is 16.1. The van der Waals surface area contributed by atoms with Gasteiger partial charge in [0.1, 0.15) is 48.9 Å². The maximum Gasteiger partial charge on any atom is 0.472 e. The lowest BCUT2D eigenvalue weighted by Crippen LogP contribution is -2.32. The van der Waals surface area contributed by atoms with Crippen LogP contribution < -0.4 is 33.9 Å². The van der Waals surface area contributed by atoms with E-state index in [1.165, 1.54) is 12.3 Å². The lowest BCUT2D eigenvalue weighted by atomic mass is 10.2. The molecule has 3 aliphatic rings. The molecule has 0 saturated carbocycles. The van der Waals surface area contributed by atoms with Gasteiger partial charge >= 0.3 is 32.5 Å². The van der Waals surface area contributed by atoms with Crippen molar-refractivity contribution < 1.29 is 56.5 Å². The number of H-pyrrole nitrogens is 2. The van der Waals surface area contributed by atoms with Crippen LogP contribution in [0.15, 0.2) is 60.8 Å². The first kappa shape index (κ1) is 39.8. The molecule has 3 aromatic heterocycles. The van der Waals surface area contributed by atoms with E-state index in [0.29, 0.717) is 0 Å². The first-order valence-electron chi connectivity index (χ1n) is 16.3. The van der Waals surface area contributed by atoms with Gasteiger partial charge < -0.3 is 44.1 Å². The number of nitrogens with one attached hydrogen (secondary N) is 2. The average Bonchev–Trinajstić information content (AvgIpc) is 3.78. The summed E-state index contributed by atoms with van der Waals surface area (Å²) in [7, 11) is -9.08. The molecular weight excluding hydrogens is 768 g/mol. The highest BCUT2D eigenvalue weighted by Crippen LogP contribution is 2.52. The highest BCUT2D eigenvalue weighted by molar-refractivity contribution is 7.53. The molecule has 26 heteroatoms. The zero-order chi connectivity index (χ0) is 38.9. The molecule has 7 N–H and O–H groups in total. The number of aliphatic hydroxyl groups excluding tert-OH is 2. The summed E-state index contributed by atoms with van der Waals surface area (Å²) in [4.78, 5) is 78.5. The molecule has 6 heterocycles. The van der Waals surface area contributed by atoms with Gasteiger partial charge in [0, 0.05) is 56.7 Å². The fraction of sp³-hybridized carbons (Fsp3) is 0.571. The van der Waals surface area contributed by atoms with Crippen LogP contribution in [0.5, 0.6) is 0 Å². The minimum atomic E-state index is -5.01. The number of aromatic nitrogens is 6. The molecule has 0 spiro atoms. The Kier molecular flexibility index (Phi) is 11.8. The van der Waals surface area contributed by atoms with Crippen LogP contribution in [0.4, 0.5) is 5.82 Å². The van der Waals surface area contributed by atoms with Crippen molar-refractivity contribution in [2.45, 2.75) is 74.6 Å². The minimum absolute atomic E-state index is 0.00417. The molecular formula is C28H37N7O17P2. The van der Waals surface area contributed by atoms with E-state index < -0.39 is 119 Å². The molecule has 3 saturated heterocycles. The second-order valence-electron chi connectivity index (χ2n) is 12.5. The molecule has 0 radical (unpaired) electrons. The van der Waals surface area contributed by atoms with Crippen molar-refractivity contribution in [2.75, 3.05) is 32.2 Å². The summed E-state index contributed by atoms with van der Waals surface area (Å²) in [5, 5.41) is 20.4. The number of nitrogen functional groups attached to an aromatic ring is 1. The molecule has 296 valence electrons. The number of hydrogen-bond acceptors (Lipinski definition) is 18. The van der Waals surface area contributed by atoms with Crippen LogP contribution in [0.1, 0.15) is 37.9 Å². The van der Waals surface area contributed by atoms with E-state index in [1.54, 1.807) is 0 Å². The summed E-state index contributed by atoms with van der Waals surface area (Å²) in [6.07, 6.45) is -7.15. The van der Waals surface area contributed by atoms with E-state index in [1.807, 2.05) is 0 Å². The highest BCUT2D eigenvalue weighted by Gasteiger charge is 2.45. The Hall–Kier alpha value is -3.90. The Morgan fingerprint density at radius 3 is 1.89 bits per heavy atom. The Bertz CT molecular complexity index is 2220.